The van der Waals surface area contributed by atoms with Gasteiger partial charge in [0, 0.05) is 40.9 Å². The van der Waals surface area contributed by atoms with Gasteiger partial charge in [-0.3, -0.25) is 19.2 Å². The van der Waals surface area contributed by atoms with E-state index in [-0.39, 0.29) is 47.2 Å². The highest BCUT2D eigenvalue weighted by Crippen LogP contribution is 2.43. The summed E-state index contributed by atoms with van der Waals surface area (Å²) in [7, 11) is 0. The van der Waals surface area contributed by atoms with Gasteiger partial charge in [0.05, 0.1) is 40.0 Å². The van der Waals surface area contributed by atoms with E-state index in [1.807, 2.05) is 31.4 Å². The van der Waals surface area contributed by atoms with Gasteiger partial charge in [-0.05, 0) is 111 Å². The highest BCUT2D eigenvalue weighted by molar-refractivity contribution is 6.06. The number of aromatic hydroxyl groups is 1. The number of nitrogens with one attached hydrogen (secondary N) is 3. The molecule has 1 aromatic heterocycles. The average Bonchev–Trinajstić information content (AvgIpc) is 3.68. The van der Waals surface area contributed by atoms with Crippen molar-refractivity contribution in [1.82, 2.24) is 14.9 Å². The number of rotatable bonds is 13. The highest BCUT2D eigenvalue weighted by atomic mass is 16.5. The van der Waals surface area contributed by atoms with Crippen LogP contribution in [0.25, 0.3) is 33.5 Å². The molecular formula is C53H59N7O8. The molecule has 0 saturated heterocycles. The smallest absolute Gasteiger partial charge is 0.335 e. The molecular weight excluding hydrogens is 863 g/mol. The van der Waals surface area contributed by atoms with Gasteiger partial charge in [0.25, 0.3) is 11.8 Å². The number of hydrogen-bond donors (Lipinski definition) is 6. The van der Waals surface area contributed by atoms with Crippen LogP contribution in [-0.4, -0.2) is 62.0 Å². The van der Waals surface area contributed by atoms with Gasteiger partial charge in [-0.15, -0.1) is 12.3 Å². The van der Waals surface area contributed by atoms with Crippen molar-refractivity contribution in [1.29, 1.82) is 5.26 Å². The number of nitrogens with zero attached hydrogens (tertiary/aromatic N) is 3. The first kappa shape index (κ1) is 53.9. The third kappa shape index (κ3) is 15.1. The molecule has 354 valence electrons. The van der Waals surface area contributed by atoms with Crippen molar-refractivity contribution < 1.29 is 38.9 Å². The number of amides is 4. The molecule has 0 bridgehead atoms. The van der Waals surface area contributed by atoms with Gasteiger partial charge in [0.15, 0.2) is 11.5 Å². The fourth-order valence-electron chi connectivity index (χ4n) is 6.26. The summed E-state index contributed by atoms with van der Waals surface area (Å²) < 4.78 is 7.91. The van der Waals surface area contributed by atoms with Crippen molar-refractivity contribution in [3.05, 3.63) is 125 Å². The van der Waals surface area contributed by atoms with Crippen molar-refractivity contribution in [2.45, 2.75) is 87.4 Å². The van der Waals surface area contributed by atoms with E-state index in [2.05, 4.69) is 61.4 Å². The predicted molar refractivity (Wildman–Crippen MR) is 266 cm³/mol. The van der Waals surface area contributed by atoms with Crippen LogP contribution in [0.4, 0.5) is 11.4 Å². The van der Waals surface area contributed by atoms with Crippen LogP contribution < -0.4 is 26.4 Å². The Labute approximate surface area is 397 Å². The quantitative estimate of drug-likeness (QED) is 0.0473. The van der Waals surface area contributed by atoms with E-state index in [1.54, 1.807) is 74.5 Å². The van der Waals surface area contributed by atoms with E-state index in [4.69, 9.17) is 20.9 Å². The highest BCUT2D eigenvalue weighted by Gasteiger charge is 2.23. The number of carboxylic acids is 1. The number of benzene rings is 5. The molecule has 4 amide bonds. The number of ether oxygens (including phenoxy) is 1. The van der Waals surface area contributed by atoms with Crippen LogP contribution in [0, 0.1) is 29.1 Å². The first-order valence-electron chi connectivity index (χ1n) is 21.8. The van der Waals surface area contributed by atoms with Crippen LogP contribution in [0.1, 0.15) is 105 Å². The normalized spacial score (nSPS) is 10.8. The first-order valence-corrected chi connectivity index (χ1v) is 21.8. The van der Waals surface area contributed by atoms with E-state index < -0.39 is 29.7 Å². The minimum atomic E-state index is -1.07. The van der Waals surface area contributed by atoms with E-state index >= 15 is 0 Å². The number of carbonyl (C=O) groups excluding carboxylic acids is 4. The summed E-state index contributed by atoms with van der Waals surface area (Å²) in [5.41, 5.74) is 9.65. The predicted octanol–water partition coefficient (Wildman–Crippen LogP) is 9.65. The number of anilines is 2. The van der Waals surface area contributed by atoms with Gasteiger partial charge < -0.3 is 41.2 Å². The van der Waals surface area contributed by atoms with Gasteiger partial charge in [-0.25, -0.2) is 9.78 Å². The number of carboxylic acid groups (broad SMARTS) is 1. The Hall–Kier alpha value is -8.43. The maximum atomic E-state index is 13.3. The molecule has 0 spiro atoms. The third-order valence-corrected chi connectivity index (χ3v) is 9.13. The van der Waals surface area contributed by atoms with Crippen molar-refractivity contribution >= 4 is 52.5 Å². The fraction of sp³-hybridized carbons (Fsp3) is 0.264. The minimum absolute atomic E-state index is 0.0397. The monoisotopic (exact) mass is 921 g/mol. The number of imidazole rings is 1. The number of aryl methyl sites for hydroxylation is 1. The molecule has 0 saturated carbocycles. The average molecular weight is 922 g/mol. The zero-order valence-corrected chi connectivity index (χ0v) is 39.8. The number of aromatic nitrogens is 2. The summed E-state index contributed by atoms with van der Waals surface area (Å²) in [6.45, 7) is 18.9. The standard InChI is InChI=1S/C45H38N6O7.C5H12.C2H6.CH3NO/c1-5-7-36(50-43(54)30-13-11-29(12-14-30)41-48-37-24-27(25-46)8-23-38(37)51(41)6-2)44(55)47-33-19-17-31(18-20-33)42(53)49-35-22-21-34(39(52)40(35)58-26(3)4)28-9-15-32(16-10-28)45(56)57;1-5(2,3)4;1-2;2-1-3/h1,8-24,26,36,52H,6-7H2,2-4H3,(H,47,55)(H,49,53)(H,50,54)(H,56,57);1-4H3;1-2H3;1H,(H2,2,3). The summed E-state index contributed by atoms with van der Waals surface area (Å²) in [4.78, 5) is 64.5. The van der Waals surface area contributed by atoms with Crippen LogP contribution in [0.15, 0.2) is 103 Å². The molecule has 68 heavy (non-hydrogen) atoms. The number of nitrogens with two attached hydrogens (primary N) is 1. The lowest BCUT2D eigenvalue weighted by molar-refractivity contribution is -0.117. The number of fused-ring (bicyclic) bond motifs is 1. The van der Waals surface area contributed by atoms with Crippen LogP contribution >= 0.6 is 0 Å². The lowest BCUT2D eigenvalue weighted by Crippen LogP contribution is -2.43. The Morgan fingerprint density at radius 2 is 1.40 bits per heavy atom. The van der Waals surface area contributed by atoms with Gasteiger partial charge in [0.2, 0.25) is 12.3 Å². The van der Waals surface area contributed by atoms with Crippen molar-refractivity contribution in [3.8, 4) is 52.4 Å². The van der Waals surface area contributed by atoms with E-state index in [0.717, 1.165) is 11.1 Å². The van der Waals surface area contributed by atoms with Crippen molar-refractivity contribution in [2.75, 3.05) is 10.6 Å². The number of primary amides is 1. The third-order valence-electron chi connectivity index (χ3n) is 9.13. The number of aromatic carboxylic acids is 1. The molecule has 0 radical (unpaired) electrons. The molecule has 15 nitrogen and oxygen atoms in total. The molecule has 6 aromatic rings. The van der Waals surface area contributed by atoms with Crippen molar-refractivity contribution in [3.63, 3.8) is 0 Å². The number of phenolic OH excluding ortho intramolecular Hbond substituents is 1. The Bertz CT molecular complexity index is 2770. The summed E-state index contributed by atoms with van der Waals surface area (Å²) in [5, 5.41) is 37.9. The van der Waals surface area contributed by atoms with E-state index in [9.17, 15) is 34.7 Å². The number of nitriles is 1. The van der Waals surface area contributed by atoms with Crippen LogP contribution in [0.5, 0.6) is 11.5 Å². The van der Waals surface area contributed by atoms with Gasteiger partial charge in [-0.1, -0.05) is 65.8 Å². The van der Waals surface area contributed by atoms with Gasteiger partial charge >= 0.3 is 5.97 Å². The van der Waals surface area contributed by atoms with Gasteiger partial charge in [0.1, 0.15) is 11.9 Å². The second-order valence-electron chi connectivity index (χ2n) is 16.6. The molecule has 0 aliphatic heterocycles. The van der Waals surface area contributed by atoms with Crippen molar-refractivity contribution in [2.24, 2.45) is 11.1 Å². The maximum Gasteiger partial charge on any atom is 0.335 e. The molecule has 7 N–H and O–H groups in total. The lowest BCUT2D eigenvalue weighted by Gasteiger charge is -2.19. The van der Waals surface area contributed by atoms with Crippen LogP contribution in [0.2, 0.25) is 0 Å². The number of carbonyl (C=O) groups is 5. The van der Waals surface area contributed by atoms with E-state index in [1.165, 1.54) is 36.4 Å². The summed E-state index contributed by atoms with van der Waals surface area (Å²) in [6.07, 6.45) is 5.36. The SMILES string of the molecule is C#CCC(NC(=O)c1ccc(-c2nc3cc(C#N)ccc3n2CC)cc1)C(=O)Nc1ccc(C(=O)Nc2ccc(-c3ccc(C(=O)O)cc3)c(O)c2OC(C)C)cc1.CC.CC(C)(C)C.NC=O. The van der Waals surface area contributed by atoms with E-state index in [0.29, 0.717) is 51.2 Å². The zero-order chi connectivity index (χ0) is 50.7. The Kier molecular flexibility index (Phi) is 20.1. The molecule has 6 rings (SSSR count). The number of hydrogen-bond acceptors (Lipinski definition) is 9. The summed E-state index contributed by atoms with van der Waals surface area (Å²) in [5.74, 6) is 0.269. The molecule has 0 aliphatic carbocycles. The second-order valence-corrected chi connectivity index (χ2v) is 16.6. The Morgan fingerprint density at radius 3 is 1.93 bits per heavy atom. The largest absolute Gasteiger partial charge is 0.504 e. The summed E-state index contributed by atoms with van der Waals surface area (Å²) in [6, 6.07) is 28.4. The topological polar surface area (TPSA) is 239 Å². The Morgan fingerprint density at radius 1 is 0.853 bits per heavy atom. The van der Waals surface area contributed by atoms with Gasteiger partial charge in [-0.2, -0.15) is 5.26 Å². The summed E-state index contributed by atoms with van der Waals surface area (Å²) >= 11 is 0. The minimum Gasteiger partial charge on any atom is -0.504 e. The molecule has 5 aromatic carbocycles. The molecule has 0 fully saturated rings. The fourth-order valence-corrected chi connectivity index (χ4v) is 6.26. The molecule has 1 heterocycles. The second kappa shape index (κ2) is 25.3. The van der Waals surface area contributed by atoms with Crippen LogP contribution in [0.3, 0.4) is 0 Å². The number of terminal acetylenes is 1. The Balaban J connectivity index is 0.00000112. The molecule has 15 heteroatoms. The first-order chi connectivity index (χ1) is 32.3. The molecule has 0 aliphatic rings. The maximum absolute atomic E-state index is 13.3. The molecule has 1 unspecified atom stereocenters. The molecule has 1 atom stereocenters. The zero-order valence-electron chi connectivity index (χ0n) is 39.8. The number of phenols is 1. The lowest BCUT2D eigenvalue weighted by atomic mass is 10.0. The van der Waals surface area contributed by atoms with Crippen LogP contribution in [-0.2, 0) is 16.1 Å².